The van der Waals surface area contributed by atoms with Crippen LogP contribution in [0, 0.1) is 19.8 Å². The molecule has 0 fully saturated rings. The summed E-state index contributed by atoms with van der Waals surface area (Å²) in [7, 11) is -2.66. The number of hydrogen-bond donors (Lipinski definition) is 0. The molecule has 32 heavy (non-hydrogen) atoms. The topological polar surface area (TPSA) is 0 Å². The average molecular weight is 459 g/mol. The predicted octanol–water partition coefficient (Wildman–Crippen LogP) is 9.21. The van der Waals surface area contributed by atoms with Gasteiger partial charge in [-0.05, 0) is 60.0 Å². The fraction of sp³-hybridized carbons (Fsp3) is 0.467. The van der Waals surface area contributed by atoms with Crippen LogP contribution in [-0.4, -0.2) is 16.1 Å². The minimum absolute atomic E-state index is 0.580. The summed E-state index contributed by atoms with van der Waals surface area (Å²) >= 11 is 0. The average Bonchev–Trinajstić information content (AvgIpc) is 3.26. The quantitative estimate of drug-likeness (QED) is 0.363. The van der Waals surface area contributed by atoms with Gasteiger partial charge < -0.3 is 0 Å². The Labute approximate surface area is 198 Å². The molecule has 3 atom stereocenters. The third-order valence-electron chi connectivity index (χ3n) is 7.80. The van der Waals surface area contributed by atoms with Crippen molar-refractivity contribution in [3.8, 4) is 0 Å². The molecule has 2 aliphatic carbocycles. The number of rotatable bonds is 7. The highest BCUT2D eigenvalue weighted by molar-refractivity contribution is 6.96. The second-order valence-corrected chi connectivity index (χ2v) is 23.9. The van der Waals surface area contributed by atoms with Crippen molar-refractivity contribution in [3.05, 3.63) is 81.9 Å². The molecule has 0 N–H and O–H groups in total. The highest BCUT2D eigenvalue weighted by Gasteiger charge is 2.45. The predicted molar refractivity (Wildman–Crippen MR) is 149 cm³/mol. The number of aryl methyl sites for hydroxylation is 2. The summed E-state index contributed by atoms with van der Waals surface area (Å²) in [4.78, 5) is 0. The van der Waals surface area contributed by atoms with Crippen molar-refractivity contribution in [2.24, 2.45) is 5.92 Å². The Morgan fingerprint density at radius 2 is 1.25 bits per heavy atom. The summed E-state index contributed by atoms with van der Waals surface area (Å²) in [6.45, 7) is 20.2. The minimum Gasteiger partial charge on any atom is -0.0764 e. The maximum Gasteiger partial charge on any atom is 0.0450 e. The van der Waals surface area contributed by atoms with E-state index in [1.165, 1.54) is 35.1 Å². The summed E-state index contributed by atoms with van der Waals surface area (Å²) in [6, 6.07) is 14.2. The van der Waals surface area contributed by atoms with Crippen molar-refractivity contribution in [1.29, 1.82) is 0 Å². The van der Waals surface area contributed by atoms with E-state index in [0.29, 0.717) is 11.8 Å². The first kappa shape index (κ1) is 23.5. The number of hydrogen-bond acceptors (Lipinski definition) is 0. The van der Waals surface area contributed by atoms with Gasteiger partial charge >= 0.3 is 0 Å². The van der Waals surface area contributed by atoms with E-state index in [2.05, 4.69) is 114 Å². The van der Waals surface area contributed by atoms with E-state index in [1.54, 1.807) is 11.1 Å². The Morgan fingerprint density at radius 3 is 1.84 bits per heavy atom. The van der Waals surface area contributed by atoms with Crippen LogP contribution < -0.4 is 0 Å². The first-order valence-corrected chi connectivity index (χ1v) is 19.7. The van der Waals surface area contributed by atoms with Crippen molar-refractivity contribution >= 4 is 28.3 Å². The second-order valence-electron chi connectivity index (χ2n) is 12.6. The maximum atomic E-state index is 2.63. The van der Waals surface area contributed by atoms with Crippen molar-refractivity contribution < 1.29 is 0 Å². The number of allylic oxidation sites excluding steroid dienone is 2. The molecule has 0 saturated heterocycles. The monoisotopic (exact) mass is 458 g/mol. The van der Waals surface area contributed by atoms with Gasteiger partial charge in [0.1, 0.15) is 0 Å². The molecule has 0 nitrogen and oxygen atoms in total. The standard InChI is InChI=1S/C30H42Si2/c1-21-9-15-26-23(11-12-24(26)19-21)13-18-29(30(31(3,4)5)32(6,7)8)28-17-14-25-20-22(2)10-16-27(25)28/h9-12,14-17,19-20,23,28-30H,13,18H2,1-8H3. The van der Waals surface area contributed by atoms with Gasteiger partial charge in [-0.2, -0.15) is 0 Å². The summed E-state index contributed by atoms with van der Waals surface area (Å²) < 4.78 is 0. The third kappa shape index (κ3) is 4.68. The lowest BCUT2D eigenvalue weighted by molar-refractivity contribution is 0.430. The lowest BCUT2D eigenvalue weighted by atomic mass is 9.82. The summed E-state index contributed by atoms with van der Waals surface area (Å²) in [5.74, 6) is 1.91. The van der Waals surface area contributed by atoms with Crippen LogP contribution in [0.25, 0.3) is 12.2 Å². The Hall–Kier alpha value is -1.65. The number of fused-ring (bicyclic) bond motifs is 2. The molecule has 0 amide bonds. The molecule has 4 rings (SSSR count). The molecule has 170 valence electrons. The molecular weight excluding hydrogens is 417 g/mol. The Balaban J connectivity index is 1.67. The van der Waals surface area contributed by atoms with Crippen LogP contribution >= 0.6 is 0 Å². The first-order valence-electron chi connectivity index (χ1n) is 12.5. The molecule has 3 unspecified atom stereocenters. The van der Waals surface area contributed by atoms with Crippen molar-refractivity contribution in [1.82, 2.24) is 0 Å². The summed E-state index contributed by atoms with van der Waals surface area (Å²) in [6.07, 6.45) is 12.4. The molecule has 0 radical (unpaired) electrons. The molecule has 0 aromatic heterocycles. The maximum absolute atomic E-state index is 2.63. The SMILES string of the molecule is Cc1ccc2c(c1)C=CC2CCC(C1C=Cc2cc(C)ccc21)C([Si](C)(C)C)[Si](C)(C)C. The molecule has 0 saturated carbocycles. The largest absolute Gasteiger partial charge is 0.0764 e. The molecule has 2 aliphatic rings. The van der Waals surface area contributed by atoms with Gasteiger partial charge in [-0.25, -0.2) is 0 Å². The normalized spacial score (nSPS) is 20.7. The number of benzene rings is 2. The molecule has 0 bridgehead atoms. The van der Waals surface area contributed by atoms with Crippen LogP contribution in [-0.2, 0) is 0 Å². The van der Waals surface area contributed by atoms with Gasteiger partial charge in [0.25, 0.3) is 0 Å². The van der Waals surface area contributed by atoms with E-state index in [0.717, 1.165) is 11.1 Å². The lowest BCUT2D eigenvalue weighted by Crippen LogP contribution is -2.49. The minimum atomic E-state index is -1.33. The first-order chi connectivity index (χ1) is 14.9. The molecule has 2 aromatic carbocycles. The van der Waals surface area contributed by atoms with E-state index in [1.807, 2.05) is 0 Å². The van der Waals surface area contributed by atoms with Crippen molar-refractivity contribution in [3.63, 3.8) is 0 Å². The van der Waals surface area contributed by atoms with E-state index in [4.69, 9.17) is 0 Å². The molecule has 0 spiro atoms. The van der Waals surface area contributed by atoms with Gasteiger partial charge in [0.2, 0.25) is 0 Å². The third-order valence-corrected chi connectivity index (χ3v) is 17.6. The Kier molecular flexibility index (Phi) is 6.33. The second kappa shape index (κ2) is 8.61. The zero-order valence-electron chi connectivity index (χ0n) is 21.5. The molecule has 0 aliphatic heterocycles. The van der Waals surface area contributed by atoms with Crippen LogP contribution in [0.5, 0.6) is 0 Å². The fourth-order valence-corrected chi connectivity index (χ4v) is 20.8. The smallest absolute Gasteiger partial charge is 0.0450 e. The van der Waals surface area contributed by atoms with Crippen LogP contribution in [0.2, 0.25) is 44.4 Å². The van der Waals surface area contributed by atoms with Crippen LogP contribution in [0.15, 0.2) is 48.6 Å². The van der Waals surface area contributed by atoms with Gasteiger partial charge in [-0.15, -0.1) is 0 Å². The van der Waals surface area contributed by atoms with E-state index >= 15 is 0 Å². The molecule has 0 heterocycles. The van der Waals surface area contributed by atoms with Gasteiger partial charge in [-0.1, -0.05) is 111 Å². The summed E-state index contributed by atoms with van der Waals surface area (Å²) in [5, 5.41) is 0.903. The van der Waals surface area contributed by atoms with Gasteiger partial charge in [-0.3, -0.25) is 0 Å². The van der Waals surface area contributed by atoms with E-state index in [9.17, 15) is 0 Å². The van der Waals surface area contributed by atoms with Crippen LogP contribution in [0.4, 0.5) is 0 Å². The van der Waals surface area contributed by atoms with Crippen LogP contribution in [0.1, 0.15) is 58.1 Å². The summed E-state index contributed by atoms with van der Waals surface area (Å²) in [5.41, 5.74) is 8.78. The molecule has 2 aromatic rings. The fourth-order valence-electron chi connectivity index (χ4n) is 7.09. The Morgan fingerprint density at radius 1 is 0.719 bits per heavy atom. The Bertz CT molecular complexity index is 1030. The van der Waals surface area contributed by atoms with Crippen molar-refractivity contribution in [2.75, 3.05) is 0 Å². The van der Waals surface area contributed by atoms with E-state index in [-0.39, 0.29) is 0 Å². The molecule has 2 heteroatoms. The zero-order chi connectivity index (χ0) is 23.3. The zero-order valence-corrected chi connectivity index (χ0v) is 23.5. The van der Waals surface area contributed by atoms with Gasteiger partial charge in [0, 0.05) is 28.0 Å². The van der Waals surface area contributed by atoms with Gasteiger partial charge in [0.05, 0.1) is 0 Å². The van der Waals surface area contributed by atoms with Gasteiger partial charge in [0.15, 0.2) is 0 Å². The highest BCUT2D eigenvalue weighted by atomic mass is 28.4. The molecular formula is C30H42Si2. The van der Waals surface area contributed by atoms with E-state index < -0.39 is 16.1 Å². The highest BCUT2D eigenvalue weighted by Crippen LogP contribution is 2.51. The van der Waals surface area contributed by atoms with Crippen molar-refractivity contribution in [2.45, 2.75) is 83.0 Å². The van der Waals surface area contributed by atoms with Crippen LogP contribution in [0.3, 0.4) is 0 Å². The lowest BCUT2D eigenvalue weighted by Gasteiger charge is -2.46.